The van der Waals surface area contributed by atoms with Gasteiger partial charge in [-0.05, 0) is 23.3 Å². The van der Waals surface area contributed by atoms with Crippen molar-refractivity contribution in [1.82, 2.24) is 9.97 Å². The molecule has 0 amide bonds. The van der Waals surface area contributed by atoms with E-state index in [1.807, 2.05) is 42.5 Å². The summed E-state index contributed by atoms with van der Waals surface area (Å²) in [5.74, 6) is 0. The number of aldehydes is 1. The highest BCUT2D eigenvalue weighted by Crippen LogP contribution is 2.30. The zero-order valence-corrected chi connectivity index (χ0v) is 10.7. The van der Waals surface area contributed by atoms with Crippen molar-refractivity contribution >= 4 is 6.29 Å². The number of carbonyl (C=O) groups excluding carboxylic acids is 1. The SMILES string of the molecule is O=Cc1c(-c2cccnc2)cccc1-c1cccnc1. The van der Waals surface area contributed by atoms with Gasteiger partial charge in [0.15, 0.2) is 6.29 Å². The smallest absolute Gasteiger partial charge is 0.151 e. The minimum atomic E-state index is 0.661. The van der Waals surface area contributed by atoms with Crippen LogP contribution in [0.3, 0.4) is 0 Å². The molecule has 0 saturated heterocycles. The van der Waals surface area contributed by atoms with E-state index in [0.717, 1.165) is 28.5 Å². The Morgan fingerprint density at radius 3 is 1.70 bits per heavy atom. The second-order valence-electron chi connectivity index (χ2n) is 4.37. The third-order valence-electron chi connectivity index (χ3n) is 3.17. The van der Waals surface area contributed by atoms with Crippen LogP contribution in [0.4, 0.5) is 0 Å². The fraction of sp³-hybridized carbons (Fsp3) is 0. The van der Waals surface area contributed by atoms with Crippen molar-refractivity contribution in [2.75, 3.05) is 0 Å². The standard InChI is InChI=1S/C17H12N2O/c20-12-17-15(13-4-2-8-18-10-13)6-1-7-16(17)14-5-3-9-19-11-14/h1-12H. The molecule has 0 N–H and O–H groups in total. The van der Waals surface area contributed by atoms with Gasteiger partial charge in [0.05, 0.1) is 0 Å². The van der Waals surface area contributed by atoms with Crippen LogP contribution in [0.15, 0.2) is 67.3 Å². The van der Waals surface area contributed by atoms with Crippen molar-refractivity contribution in [2.24, 2.45) is 0 Å². The number of nitrogens with zero attached hydrogens (tertiary/aromatic N) is 2. The van der Waals surface area contributed by atoms with Gasteiger partial charge in [0.1, 0.15) is 0 Å². The summed E-state index contributed by atoms with van der Waals surface area (Å²) in [5.41, 5.74) is 4.29. The Morgan fingerprint density at radius 2 is 1.30 bits per heavy atom. The summed E-state index contributed by atoms with van der Waals surface area (Å²) in [6.07, 6.45) is 7.85. The topological polar surface area (TPSA) is 42.9 Å². The average molecular weight is 260 g/mol. The Balaban J connectivity index is 2.22. The van der Waals surface area contributed by atoms with Crippen LogP contribution in [0.1, 0.15) is 10.4 Å². The van der Waals surface area contributed by atoms with Crippen LogP contribution in [-0.4, -0.2) is 16.3 Å². The summed E-state index contributed by atoms with van der Waals surface area (Å²) in [7, 11) is 0. The number of hydrogen-bond donors (Lipinski definition) is 0. The second-order valence-corrected chi connectivity index (χ2v) is 4.37. The Bertz CT molecular complexity index is 667. The largest absolute Gasteiger partial charge is 0.298 e. The summed E-state index contributed by atoms with van der Waals surface area (Å²) in [5, 5.41) is 0. The molecule has 0 fully saturated rings. The van der Waals surface area contributed by atoms with Gasteiger partial charge < -0.3 is 0 Å². The summed E-state index contributed by atoms with van der Waals surface area (Å²) < 4.78 is 0. The second kappa shape index (κ2) is 5.45. The molecule has 3 nitrogen and oxygen atoms in total. The number of aromatic nitrogens is 2. The molecular formula is C17H12N2O. The van der Waals surface area contributed by atoms with Gasteiger partial charge in [-0.25, -0.2) is 0 Å². The number of carbonyl (C=O) groups is 1. The van der Waals surface area contributed by atoms with Crippen molar-refractivity contribution < 1.29 is 4.79 Å². The molecule has 3 heteroatoms. The molecule has 2 heterocycles. The molecule has 0 saturated carbocycles. The maximum absolute atomic E-state index is 11.6. The molecule has 1 aromatic carbocycles. The Morgan fingerprint density at radius 1 is 0.750 bits per heavy atom. The first-order valence-corrected chi connectivity index (χ1v) is 6.29. The number of rotatable bonds is 3. The fourth-order valence-corrected chi connectivity index (χ4v) is 2.24. The lowest BCUT2D eigenvalue weighted by molar-refractivity contribution is 0.112. The maximum atomic E-state index is 11.6. The maximum Gasteiger partial charge on any atom is 0.151 e. The van der Waals surface area contributed by atoms with Crippen molar-refractivity contribution in [2.45, 2.75) is 0 Å². The first kappa shape index (κ1) is 12.2. The van der Waals surface area contributed by atoms with E-state index in [4.69, 9.17) is 0 Å². The quantitative estimate of drug-likeness (QED) is 0.675. The first-order chi connectivity index (χ1) is 9.90. The third-order valence-corrected chi connectivity index (χ3v) is 3.17. The zero-order chi connectivity index (χ0) is 13.8. The van der Waals surface area contributed by atoms with Gasteiger partial charge in [-0.3, -0.25) is 14.8 Å². The molecule has 0 aliphatic carbocycles. The Hall–Kier alpha value is -2.81. The van der Waals surface area contributed by atoms with Gasteiger partial charge in [0, 0.05) is 41.5 Å². The minimum Gasteiger partial charge on any atom is -0.298 e. The molecule has 20 heavy (non-hydrogen) atoms. The van der Waals surface area contributed by atoms with Crippen molar-refractivity contribution in [3.8, 4) is 22.3 Å². The highest BCUT2D eigenvalue weighted by Gasteiger charge is 2.11. The fourth-order valence-electron chi connectivity index (χ4n) is 2.24. The molecule has 0 unspecified atom stereocenters. The van der Waals surface area contributed by atoms with Crippen LogP contribution in [0, 0.1) is 0 Å². The molecule has 0 aliphatic heterocycles. The van der Waals surface area contributed by atoms with Gasteiger partial charge in [0.25, 0.3) is 0 Å². The molecule has 0 bridgehead atoms. The average Bonchev–Trinajstić information content (AvgIpc) is 2.55. The van der Waals surface area contributed by atoms with Crippen molar-refractivity contribution in [1.29, 1.82) is 0 Å². The van der Waals surface area contributed by atoms with Crippen LogP contribution in [0.2, 0.25) is 0 Å². The summed E-state index contributed by atoms with van der Waals surface area (Å²) in [6, 6.07) is 13.4. The molecule has 0 atom stereocenters. The van der Waals surface area contributed by atoms with Crippen LogP contribution < -0.4 is 0 Å². The molecule has 0 aliphatic rings. The van der Waals surface area contributed by atoms with Gasteiger partial charge >= 0.3 is 0 Å². The Kier molecular flexibility index (Phi) is 3.33. The van der Waals surface area contributed by atoms with Gasteiger partial charge in [-0.2, -0.15) is 0 Å². The van der Waals surface area contributed by atoms with Crippen LogP contribution >= 0.6 is 0 Å². The molecule has 2 aromatic heterocycles. The summed E-state index contributed by atoms with van der Waals surface area (Å²) in [4.78, 5) is 19.8. The highest BCUT2D eigenvalue weighted by molar-refractivity contribution is 5.96. The third kappa shape index (κ3) is 2.21. The minimum absolute atomic E-state index is 0.661. The van der Waals surface area contributed by atoms with Crippen molar-refractivity contribution in [3.63, 3.8) is 0 Å². The molecule has 0 spiro atoms. The zero-order valence-electron chi connectivity index (χ0n) is 10.7. The van der Waals surface area contributed by atoms with E-state index < -0.39 is 0 Å². The van der Waals surface area contributed by atoms with Crippen LogP contribution in [-0.2, 0) is 0 Å². The highest BCUT2D eigenvalue weighted by atomic mass is 16.1. The molecule has 3 rings (SSSR count). The monoisotopic (exact) mass is 260 g/mol. The lowest BCUT2D eigenvalue weighted by atomic mass is 9.94. The first-order valence-electron chi connectivity index (χ1n) is 6.29. The van der Waals surface area contributed by atoms with E-state index in [0.29, 0.717) is 5.56 Å². The van der Waals surface area contributed by atoms with Crippen molar-refractivity contribution in [3.05, 3.63) is 72.8 Å². The van der Waals surface area contributed by atoms with E-state index in [-0.39, 0.29) is 0 Å². The van der Waals surface area contributed by atoms with Gasteiger partial charge in [0.2, 0.25) is 0 Å². The summed E-state index contributed by atoms with van der Waals surface area (Å²) in [6.45, 7) is 0. The normalized spacial score (nSPS) is 10.2. The lowest BCUT2D eigenvalue weighted by Gasteiger charge is -2.10. The number of pyridine rings is 2. The molecule has 3 aromatic rings. The van der Waals surface area contributed by atoms with Gasteiger partial charge in [-0.15, -0.1) is 0 Å². The van der Waals surface area contributed by atoms with E-state index in [1.165, 1.54) is 0 Å². The van der Waals surface area contributed by atoms with E-state index in [1.54, 1.807) is 24.8 Å². The van der Waals surface area contributed by atoms with Crippen LogP contribution in [0.25, 0.3) is 22.3 Å². The Labute approximate surface area is 117 Å². The predicted molar refractivity (Wildman–Crippen MR) is 78.3 cm³/mol. The molecule has 0 radical (unpaired) electrons. The lowest BCUT2D eigenvalue weighted by Crippen LogP contribution is -1.93. The number of benzene rings is 1. The van der Waals surface area contributed by atoms with Crippen LogP contribution in [0.5, 0.6) is 0 Å². The molecule has 96 valence electrons. The summed E-state index contributed by atoms with van der Waals surface area (Å²) >= 11 is 0. The van der Waals surface area contributed by atoms with E-state index in [9.17, 15) is 4.79 Å². The predicted octanol–water partition coefficient (Wildman–Crippen LogP) is 3.62. The number of hydrogen-bond acceptors (Lipinski definition) is 3. The molecular weight excluding hydrogens is 248 g/mol. The van der Waals surface area contributed by atoms with E-state index >= 15 is 0 Å². The van der Waals surface area contributed by atoms with E-state index in [2.05, 4.69) is 9.97 Å². The van der Waals surface area contributed by atoms with Gasteiger partial charge in [-0.1, -0.05) is 30.3 Å².